The van der Waals surface area contributed by atoms with Crippen LogP contribution in [0.25, 0.3) is 0 Å². The second-order valence-corrected chi connectivity index (χ2v) is 6.74. The van der Waals surface area contributed by atoms with Gasteiger partial charge in [0.2, 0.25) is 5.91 Å². The Morgan fingerprint density at radius 3 is 2.40 bits per heavy atom. The number of nitrogens with zero attached hydrogens (tertiary/aromatic N) is 6. The summed E-state index contributed by atoms with van der Waals surface area (Å²) < 4.78 is 1.60. The third-order valence-corrected chi connectivity index (χ3v) is 5.07. The number of hydrogen-bond acceptors (Lipinski definition) is 5. The number of carbonyl (C=O) groups excluding carboxylic acids is 3. The zero-order chi connectivity index (χ0) is 18.3. The van der Waals surface area contributed by atoms with Crippen LogP contribution in [0.1, 0.15) is 16.9 Å². The molecular formula is C16H24N6O3. The average molecular weight is 348 g/mol. The smallest absolute Gasteiger partial charge is 0.274 e. The first-order chi connectivity index (χ1) is 11.8. The normalized spacial score (nSPS) is 22.2. The Balaban J connectivity index is 1.81. The fourth-order valence-electron chi connectivity index (χ4n) is 3.29. The highest BCUT2D eigenvalue weighted by atomic mass is 16.2. The fourth-order valence-corrected chi connectivity index (χ4v) is 3.29. The van der Waals surface area contributed by atoms with Gasteiger partial charge in [-0.15, -0.1) is 0 Å². The summed E-state index contributed by atoms with van der Waals surface area (Å²) in [6.07, 6.45) is 1.50. The van der Waals surface area contributed by atoms with Crippen molar-refractivity contribution in [2.24, 2.45) is 7.05 Å². The van der Waals surface area contributed by atoms with E-state index in [-0.39, 0.29) is 24.1 Å². The third-order valence-electron chi connectivity index (χ3n) is 5.07. The molecule has 1 fully saturated rings. The van der Waals surface area contributed by atoms with E-state index in [0.29, 0.717) is 24.6 Å². The monoisotopic (exact) mass is 348 g/mol. The van der Waals surface area contributed by atoms with Gasteiger partial charge in [-0.2, -0.15) is 0 Å². The molecule has 0 bridgehead atoms. The van der Waals surface area contributed by atoms with E-state index in [0.717, 1.165) is 13.1 Å². The van der Waals surface area contributed by atoms with Crippen LogP contribution in [0.5, 0.6) is 0 Å². The number of piperazine rings is 1. The Morgan fingerprint density at radius 2 is 1.76 bits per heavy atom. The molecule has 9 heteroatoms. The van der Waals surface area contributed by atoms with Crippen molar-refractivity contribution in [3.8, 4) is 0 Å². The van der Waals surface area contributed by atoms with E-state index in [1.54, 1.807) is 30.6 Å². The molecule has 3 amide bonds. The van der Waals surface area contributed by atoms with Gasteiger partial charge in [-0.05, 0) is 7.05 Å². The topological polar surface area (TPSA) is 82.0 Å². The van der Waals surface area contributed by atoms with E-state index in [2.05, 4.69) is 9.88 Å². The van der Waals surface area contributed by atoms with E-state index in [1.165, 1.54) is 16.1 Å². The second-order valence-electron chi connectivity index (χ2n) is 6.74. The van der Waals surface area contributed by atoms with Crippen molar-refractivity contribution in [3.63, 3.8) is 0 Å². The highest BCUT2D eigenvalue weighted by Crippen LogP contribution is 2.26. The number of carbonyl (C=O) groups is 3. The molecule has 25 heavy (non-hydrogen) atoms. The lowest BCUT2D eigenvalue weighted by Crippen LogP contribution is -2.52. The summed E-state index contributed by atoms with van der Waals surface area (Å²) in [6, 6.07) is -0.821. The first-order valence-corrected chi connectivity index (χ1v) is 8.33. The van der Waals surface area contributed by atoms with Crippen LogP contribution in [0, 0.1) is 0 Å². The van der Waals surface area contributed by atoms with Gasteiger partial charge in [-0.25, -0.2) is 4.98 Å². The minimum absolute atomic E-state index is 0.0108. The molecule has 0 aliphatic carbocycles. The van der Waals surface area contributed by atoms with Crippen molar-refractivity contribution >= 4 is 23.5 Å². The summed E-state index contributed by atoms with van der Waals surface area (Å²) in [6.45, 7) is 2.92. The van der Waals surface area contributed by atoms with Gasteiger partial charge in [-0.3, -0.25) is 19.3 Å². The van der Waals surface area contributed by atoms with Gasteiger partial charge in [0.05, 0.1) is 12.7 Å². The molecule has 0 spiro atoms. The van der Waals surface area contributed by atoms with Gasteiger partial charge < -0.3 is 19.3 Å². The average Bonchev–Trinajstić information content (AvgIpc) is 2.96. The zero-order valence-corrected chi connectivity index (χ0v) is 15.1. The van der Waals surface area contributed by atoms with Crippen LogP contribution < -0.4 is 4.90 Å². The first-order valence-electron chi connectivity index (χ1n) is 8.33. The van der Waals surface area contributed by atoms with Crippen LogP contribution in [-0.2, 0) is 16.6 Å². The number of aryl methyl sites for hydroxylation is 1. The van der Waals surface area contributed by atoms with Gasteiger partial charge in [0.25, 0.3) is 11.8 Å². The number of anilines is 1. The minimum Gasteiger partial charge on any atom is -0.340 e. The highest BCUT2D eigenvalue weighted by molar-refractivity contribution is 6.09. The SMILES string of the molecule is CN1CCN(C(=O)CC2C(=O)N(C)c3ncn(C)c3C(=O)N2C)CC1. The fraction of sp³-hybridized carbons (Fsp3) is 0.625. The number of aromatic nitrogens is 2. The number of rotatable bonds is 2. The van der Waals surface area contributed by atoms with E-state index in [1.807, 2.05) is 7.05 Å². The van der Waals surface area contributed by atoms with Gasteiger partial charge in [0.1, 0.15) is 6.04 Å². The summed E-state index contributed by atoms with van der Waals surface area (Å²) in [5.41, 5.74) is 0.355. The zero-order valence-electron chi connectivity index (χ0n) is 15.1. The van der Waals surface area contributed by atoms with E-state index >= 15 is 0 Å². The summed E-state index contributed by atoms with van der Waals surface area (Å²) in [5, 5.41) is 0. The van der Waals surface area contributed by atoms with Crippen LogP contribution in [0.2, 0.25) is 0 Å². The van der Waals surface area contributed by atoms with Gasteiger partial charge in [-0.1, -0.05) is 0 Å². The predicted octanol–water partition coefficient (Wildman–Crippen LogP) is -0.999. The first kappa shape index (κ1) is 17.4. The molecule has 2 aliphatic rings. The lowest BCUT2D eigenvalue weighted by Gasteiger charge is -2.34. The number of amides is 3. The second kappa shape index (κ2) is 6.47. The molecule has 1 unspecified atom stereocenters. The molecule has 1 aromatic heterocycles. The van der Waals surface area contributed by atoms with E-state index < -0.39 is 6.04 Å². The number of likely N-dealkylation sites (N-methyl/N-ethyl adjacent to an activating group) is 3. The van der Waals surface area contributed by atoms with Crippen LogP contribution in [0.3, 0.4) is 0 Å². The van der Waals surface area contributed by atoms with E-state index in [4.69, 9.17) is 0 Å². The maximum absolute atomic E-state index is 12.8. The molecule has 3 heterocycles. The standard InChI is InChI=1S/C16H24N6O3/c1-18-5-7-22(8-6-18)12(23)9-11-15(24)21(4)14-13(16(25)20(11)3)19(2)10-17-14/h10-11H,5-9H2,1-4H3. The summed E-state index contributed by atoms with van der Waals surface area (Å²) in [4.78, 5) is 49.1. The molecule has 0 aromatic carbocycles. The molecule has 1 atom stereocenters. The maximum Gasteiger partial charge on any atom is 0.274 e. The molecule has 0 radical (unpaired) electrons. The summed E-state index contributed by atoms with van der Waals surface area (Å²) >= 11 is 0. The largest absolute Gasteiger partial charge is 0.340 e. The number of fused-ring (bicyclic) bond motifs is 1. The van der Waals surface area contributed by atoms with Crippen LogP contribution in [-0.4, -0.2) is 95.3 Å². The maximum atomic E-state index is 12.8. The van der Waals surface area contributed by atoms with E-state index in [9.17, 15) is 14.4 Å². The van der Waals surface area contributed by atoms with Crippen LogP contribution in [0.4, 0.5) is 5.82 Å². The Bertz CT molecular complexity index is 707. The minimum atomic E-state index is -0.821. The quantitative estimate of drug-likeness (QED) is 0.685. The predicted molar refractivity (Wildman–Crippen MR) is 91.2 cm³/mol. The van der Waals surface area contributed by atoms with Crippen molar-refractivity contribution in [3.05, 3.63) is 12.0 Å². The van der Waals surface area contributed by atoms with Gasteiger partial charge in [0.15, 0.2) is 11.5 Å². The highest BCUT2D eigenvalue weighted by Gasteiger charge is 2.40. The van der Waals surface area contributed by atoms with Crippen molar-refractivity contribution < 1.29 is 14.4 Å². The molecule has 3 rings (SSSR count). The van der Waals surface area contributed by atoms with Crippen molar-refractivity contribution in [1.29, 1.82) is 0 Å². The molecule has 136 valence electrons. The van der Waals surface area contributed by atoms with Gasteiger partial charge >= 0.3 is 0 Å². The number of imidazole rings is 1. The third kappa shape index (κ3) is 2.99. The molecular weight excluding hydrogens is 324 g/mol. The molecule has 2 aliphatic heterocycles. The Kier molecular flexibility index (Phi) is 4.51. The summed E-state index contributed by atoms with van der Waals surface area (Å²) in [7, 11) is 6.89. The molecule has 1 aromatic rings. The van der Waals surface area contributed by atoms with Gasteiger partial charge in [0, 0.05) is 47.3 Å². The van der Waals surface area contributed by atoms with Crippen molar-refractivity contribution in [2.75, 3.05) is 52.2 Å². The Labute approximate surface area is 146 Å². The van der Waals surface area contributed by atoms with Crippen LogP contribution in [0.15, 0.2) is 6.33 Å². The Hall–Kier alpha value is -2.42. The van der Waals surface area contributed by atoms with Crippen molar-refractivity contribution in [2.45, 2.75) is 12.5 Å². The molecule has 9 nitrogen and oxygen atoms in total. The lowest BCUT2D eigenvalue weighted by atomic mass is 10.1. The number of hydrogen-bond donors (Lipinski definition) is 0. The molecule has 0 N–H and O–H groups in total. The Morgan fingerprint density at radius 1 is 1.12 bits per heavy atom. The van der Waals surface area contributed by atoms with Crippen LogP contribution >= 0.6 is 0 Å². The van der Waals surface area contributed by atoms with Crippen molar-refractivity contribution in [1.82, 2.24) is 24.3 Å². The summed E-state index contributed by atoms with van der Waals surface area (Å²) in [5.74, 6) is -0.364. The molecule has 0 saturated carbocycles. The molecule has 1 saturated heterocycles. The lowest BCUT2D eigenvalue weighted by molar-refractivity contribution is -0.136.